The highest BCUT2D eigenvalue weighted by Gasteiger charge is 2.30. The average molecular weight is 398 g/mol. The number of hydrogen-bond acceptors (Lipinski definition) is 3. The Morgan fingerprint density at radius 2 is 2.12 bits per heavy atom. The van der Waals surface area contributed by atoms with E-state index < -0.39 is 11.5 Å². The highest BCUT2D eigenvalue weighted by Crippen LogP contribution is 2.20. The third-order valence-corrected chi connectivity index (χ3v) is 4.37. The third-order valence-electron chi connectivity index (χ3n) is 3.59. The lowest BCUT2D eigenvalue weighted by Crippen LogP contribution is -2.35. The van der Waals surface area contributed by atoms with Gasteiger partial charge in [-0.2, -0.15) is 5.10 Å². The first-order valence-corrected chi connectivity index (χ1v) is 8.02. The van der Waals surface area contributed by atoms with Crippen molar-refractivity contribution in [2.45, 2.75) is 32.2 Å². The summed E-state index contributed by atoms with van der Waals surface area (Å²) < 4.78 is 15.2. The van der Waals surface area contributed by atoms with E-state index in [0.29, 0.717) is 17.7 Å². The van der Waals surface area contributed by atoms with Crippen LogP contribution in [0.5, 0.6) is 0 Å². The van der Waals surface area contributed by atoms with Crippen LogP contribution in [0.3, 0.4) is 0 Å². The quantitative estimate of drug-likeness (QED) is 0.783. The first kappa shape index (κ1) is 18.1. The lowest BCUT2D eigenvalue weighted by Gasteiger charge is -2.19. The Hall–Kier alpha value is -2.22. The number of hydrogen-bond donors (Lipinski definition) is 2. The van der Waals surface area contributed by atoms with E-state index in [1.165, 1.54) is 43.1 Å². The van der Waals surface area contributed by atoms with Crippen LogP contribution >= 0.6 is 15.9 Å². The Morgan fingerprint density at radius 3 is 2.79 bits per heavy atom. The summed E-state index contributed by atoms with van der Waals surface area (Å²) in [4.78, 5) is 23.2. The van der Waals surface area contributed by atoms with E-state index in [4.69, 9.17) is 5.11 Å². The Kier molecular flexibility index (Phi) is 5.38. The van der Waals surface area contributed by atoms with E-state index >= 15 is 0 Å². The fraction of sp³-hybridized carbons (Fsp3) is 0.312. The van der Waals surface area contributed by atoms with E-state index in [9.17, 15) is 14.0 Å². The number of aromatic nitrogens is 2. The van der Waals surface area contributed by atoms with E-state index in [1.54, 1.807) is 6.07 Å². The molecule has 1 amide bonds. The maximum atomic E-state index is 13.2. The molecule has 8 heteroatoms. The number of halogens is 2. The standard InChI is InChI=1S/C16H17BrFN3O3/c1-16(2,15(23)24)21-9-12(8-19-21)20-14(22)6-3-10-7-11(18)4-5-13(10)17/h4-5,7-9H,3,6H2,1-2H3,(H,20,22)(H,23,24). The highest BCUT2D eigenvalue weighted by atomic mass is 79.9. The number of rotatable bonds is 6. The second kappa shape index (κ2) is 7.12. The summed E-state index contributed by atoms with van der Waals surface area (Å²) in [6.45, 7) is 3.02. The number of aryl methyl sites for hydroxylation is 1. The summed E-state index contributed by atoms with van der Waals surface area (Å²) in [6, 6.07) is 4.32. The van der Waals surface area contributed by atoms with Gasteiger partial charge in [0.15, 0.2) is 5.54 Å². The molecule has 0 aliphatic heterocycles. The van der Waals surface area contributed by atoms with Crippen LogP contribution in [0.4, 0.5) is 10.1 Å². The zero-order valence-corrected chi connectivity index (χ0v) is 14.8. The molecule has 128 valence electrons. The molecule has 0 atom stereocenters. The number of carboxylic acid groups (broad SMARTS) is 1. The van der Waals surface area contributed by atoms with Crippen molar-refractivity contribution in [2.24, 2.45) is 0 Å². The number of carbonyl (C=O) groups excluding carboxylic acids is 1. The molecule has 1 aromatic heterocycles. The summed E-state index contributed by atoms with van der Waals surface area (Å²) in [5, 5.41) is 15.8. The number of carboxylic acids is 1. The Labute approximate surface area is 146 Å². The van der Waals surface area contributed by atoms with Crippen molar-refractivity contribution in [3.05, 3.63) is 46.4 Å². The first-order valence-electron chi connectivity index (χ1n) is 7.22. The van der Waals surface area contributed by atoms with Crippen LogP contribution < -0.4 is 5.32 Å². The summed E-state index contributed by atoms with van der Waals surface area (Å²) in [7, 11) is 0. The van der Waals surface area contributed by atoms with Crippen molar-refractivity contribution < 1.29 is 19.1 Å². The van der Waals surface area contributed by atoms with Gasteiger partial charge in [0.2, 0.25) is 5.91 Å². The zero-order chi connectivity index (χ0) is 17.9. The topological polar surface area (TPSA) is 84.2 Å². The molecule has 6 nitrogen and oxygen atoms in total. The molecule has 1 aromatic carbocycles. The molecular formula is C16H17BrFN3O3. The van der Waals surface area contributed by atoms with Crippen LogP contribution in [0.15, 0.2) is 35.1 Å². The van der Waals surface area contributed by atoms with Crippen LogP contribution in [0.2, 0.25) is 0 Å². The molecule has 0 saturated carbocycles. The van der Waals surface area contributed by atoms with Gasteiger partial charge >= 0.3 is 5.97 Å². The highest BCUT2D eigenvalue weighted by molar-refractivity contribution is 9.10. The van der Waals surface area contributed by atoms with Gasteiger partial charge in [-0.25, -0.2) is 9.18 Å². The lowest BCUT2D eigenvalue weighted by atomic mass is 10.1. The number of aliphatic carboxylic acids is 1. The molecule has 0 aliphatic rings. The van der Waals surface area contributed by atoms with Gasteiger partial charge in [-0.3, -0.25) is 9.48 Å². The normalized spacial score (nSPS) is 11.3. The van der Waals surface area contributed by atoms with Gasteiger partial charge < -0.3 is 10.4 Å². The molecule has 0 unspecified atom stereocenters. The molecule has 0 saturated heterocycles. The summed E-state index contributed by atoms with van der Waals surface area (Å²) >= 11 is 3.32. The van der Waals surface area contributed by atoms with Crippen LogP contribution in [-0.4, -0.2) is 26.8 Å². The second-order valence-electron chi connectivity index (χ2n) is 5.82. The van der Waals surface area contributed by atoms with E-state index in [-0.39, 0.29) is 18.1 Å². The van der Waals surface area contributed by atoms with Crippen molar-refractivity contribution >= 4 is 33.5 Å². The van der Waals surface area contributed by atoms with Crippen molar-refractivity contribution in [1.82, 2.24) is 9.78 Å². The van der Waals surface area contributed by atoms with Crippen LogP contribution in [-0.2, 0) is 21.5 Å². The van der Waals surface area contributed by atoms with Gasteiger partial charge in [-0.1, -0.05) is 15.9 Å². The van der Waals surface area contributed by atoms with Crippen LogP contribution in [0, 0.1) is 5.82 Å². The predicted molar refractivity (Wildman–Crippen MR) is 90.2 cm³/mol. The van der Waals surface area contributed by atoms with E-state index in [1.807, 2.05) is 0 Å². The van der Waals surface area contributed by atoms with Gasteiger partial charge in [-0.05, 0) is 44.0 Å². The molecular weight excluding hydrogens is 381 g/mol. The number of anilines is 1. The number of nitrogens with zero attached hydrogens (tertiary/aromatic N) is 2. The molecule has 24 heavy (non-hydrogen) atoms. The van der Waals surface area contributed by atoms with Gasteiger partial charge in [0, 0.05) is 17.1 Å². The average Bonchev–Trinajstić information content (AvgIpc) is 2.97. The molecule has 0 bridgehead atoms. The molecule has 0 aliphatic carbocycles. The maximum absolute atomic E-state index is 13.2. The summed E-state index contributed by atoms with van der Waals surface area (Å²) in [5.41, 5.74) is -0.101. The fourth-order valence-electron chi connectivity index (χ4n) is 2.00. The van der Waals surface area contributed by atoms with Crippen molar-refractivity contribution in [1.29, 1.82) is 0 Å². The van der Waals surface area contributed by atoms with E-state index in [2.05, 4.69) is 26.3 Å². The summed E-state index contributed by atoms with van der Waals surface area (Å²) in [5.74, 6) is -1.65. The van der Waals surface area contributed by atoms with E-state index in [0.717, 1.165) is 4.47 Å². The molecule has 1 heterocycles. The Bertz CT molecular complexity index is 774. The second-order valence-corrected chi connectivity index (χ2v) is 6.68. The van der Waals surface area contributed by atoms with Crippen molar-refractivity contribution in [2.75, 3.05) is 5.32 Å². The number of benzene rings is 1. The van der Waals surface area contributed by atoms with Crippen molar-refractivity contribution in [3.8, 4) is 0 Å². The van der Waals surface area contributed by atoms with Crippen LogP contribution in [0.25, 0.3) is 0 Å². The summed E-state index contributed by atoms with van der Waals surface area (Å²) in [6.07, 6.45) is 3.39. The SMILES string of the molecule is CC(C)(C(=O)O)n1cc(NC(=O)CCc2cc(F)ccc2Br)cn1. The molecule has 2 aromatic rings. The molecule has 0 radical (unpaired) electrons. The minimum absolute atomic E-state index is 0.162. The largest absolute Gasteiger partial charge is 0.479 e. The number of amides is 1. The first-order chi connectivity index (χ1) is 11.2. The minimum atomic E-state index is -1.21. The van der Waals surface area contributed by atoms with Gasteiger partial charge in [0.25, 0.3) is 0 Å². The molecule has 2 rings (SSSR count). The van der Waals surface area contributed by atoms with Crippen molar-refractivity contribution in [3.63, 3.8) is 0 Å². The molecule has 2 N–H and O–H groups in total. The third kappa shape index (κ3) is 4.19. The zero-order valence-electron chi connectivity index (χ0n) is 13.2. The predicted octanol–water partition coefficient (Wildman–Crippen LogP) is 3.18. The minimum Gasteiger partial charge on any atom is -0.479 e. The lowest BCUT2D eigenvalue weighted by molar-refractivity contribution is -0.146. The number of carbonyl (C=O) groups is 2. The van der Waals surface area contributed by atoms with Gasteiger partial charge in [0.1, 0.15) is 5.82 Å². The smallest absolute Gasteiger partial charge is 0.331 e. The van der Waals surface area contributed by atoms with Gasteiger partial charge in [0.05, 0.1) is 11.9 Å². The fourth-order valence-corrected chi connectivity index (χ4v) is 2.44. The van der Waals surface area contributed by atoms with Crippen LogP contribution in [0.1, 0.15) is 25.8 Å². The van der Waals surface area contributed by atoms with Gasteiger partial charge in [-0.15, -0.1) is 0 Å². The molecule has 0 spiro atoms. The number of nitrogens with one attached hydrogen (secondary N) is 1. The maximum Gasteiger partial charge on any atom is 0.331 e. The molecule has 0 fully saturated rings. The monoisotopic (exact) mass is 397 g/mol. The Morgan fingerprint density at radius 1 is 1.42 bits per heavy atom. The Balaban J connectivity index is 1.97.